The standard InChI is InChI=1S/C7H6N2O2/c8-6-4-9-7(11-6)5-2-1-3-10-5/h1-4H,8H2. The number of oxazole rings is 1. The van der Waals surface area contributed by atoms with Crippen molar-refractivity contribution in [3.8, 4) is 11.7 Å². The third kappa shape index (κ3) is 0.980. The third-order valence-electron chi connectivity index (χ3n) is 1.26. The predicted octanol–water partition coefficient (Wildman–Crippen LogP) is 1.52. The number of furan rings is 1. The fourth-order valence-corrected chi connectivity index (χ4v) is 0.801. The molecular weight excluding hydrogens is 144 g/mol. The summed E-state index contributed by atoms with van der Waals surface area (Å²) >= 11 is 0. The van der Waals surface area contributed by atoms with E-state index in [1.807, 2.05) is 0 Å². The largest absolute Gasteiger partial charge is 0.459 e. The molecule has 4 heteroatoms. The molecule has 0 unspecified atom stereocenters. The van der Waals surface area contributed by atoms with Gasteiger partial charge in [0.15, 0.2) is 5.76 Å². The van der Waals surface area contributed by atoms with E-state index in [-0.39, 0.29) is 5.88 Å². The van der Waals surface area contributed by atoms with Crippen LogP contribution in [0.3, 0.4) is 0 Å². The van der Waals surface area contributed by atoms with Gasteiger partial charge in [-0.05, 0) is 12.1 Å². The Morgan fingerprint density at radius 1 is 1.45 bits per heavy atom. The van der Waals surface area contributed by atoms with E-state index in [9.17, 15) is 0 Å². The summed E-state index contributed by atoms with van der Waals surface area (Å²) in [6.45, 7) is 0. The second kappa shape index (κ2) is 2.16. The van der Waals surface area contributed by atoms with Crippen LogP contribution in [0.1, 0.15) is 0 Å². The highest BCUT2D eigenvalue weighted by molar-refractivity contribution is 5.45. The first-order chi connectivity index (χ1) is 5.36. The molecule has 2 heterocycles. The Labute approximate surface area is 62.6 Å². The van der Waals surface area contributed by atoms with Gasteiger partial charge in [0.25, 0.3) is 5.89 Å². The Bertz CT molecular complexity index is 337. The van der Waals surface area contributed by atoms with Crippen molar-refractivity contribution in [1.82, 2.24) is 4.98 Å². The molecule has 2 aromatic heterocycles. The van der Waals surface area contributed by atoms with Crippen molar-refractivity contribution in [2.24, 2.45) is 0 Å². The van der Waals surface area contributed by atoms with Crippen molar-refractivity contribution < 1.29 is 8.83 Å². The molecule has 0 bridgehead atoms. The number of aromatic nitrogens is 1. The summed E-state index contributed by atoms with van der Waals surface area (Å²) in [4.78, 5) is 3.87. The molecule has 4 nitrogen and oxygen atoms in total. The monoisotopic (exact) mass is 150 g/mol. The van der Waals surface area contributed by atoms with Crippen LogP contribution < -0.4 is 5.73 Å². The maximum atomic E-state index is 5.31. The number of nitrogens with zero attached hydrogens (tertiary/aromatic N) is 1. The van der Waals surface area contributed by atoms with Gasteiger partial charge in [0.1, 0.15) is 0 Å². The first-order valence-electron chi connectivity index (χ1n) is 3.11. The van der Waals surface area contributed by atoms with E-state index in [0.717, 1.165) is 0 Å². The van der Waals surface area contributed by atoms with Crippen LogP contribution in [0.2, 0.25) is 0 Å². The summed E-state index contributed by atoms with van der Waals surface area (Å²) in [6.07, 6.45) is 2.99. The Morgan fingerprint density at radius 2 is 2.36 bits per heavy atom. The molecule has 56 valence electrons. The van der Waals surface area contributed by atoms with Crippen molar-refractivity contribution in [2.75, 3.05) is 5.73 Å². The van der Waals surface area contributed by atoms with E-state index in [1.54, 1.807) is 18.4 Å². The number of rotatable bonds is 1. The predicted molar refractivity (Wildman–Crippen MR) is 38.6 cm³/mol. The molecule has 0 radical (unpaired) electrons. The SMILES string of the molecule is Nc1cnc(-c2ccco2)o1. The summed E-state index contributed by atoms with van der Waals surface area (Å²) < 4.78 is 10.0. The average molecular weight is 150 g/mol. The van der Waals surface area contributed by atoms with E-state index in [0.29, 0.717) is 11.7 Å². The molecule has 0 aliphatic heterocycles. The van der Waals surface area contributed by atoms with Crippen LogP contribution in [-0.4, -0.2) is 4.98 Å². The normalized spacial score (nSPS) is 10.2. The van der Waals surface area contributed by atoms with Gasteiger partial charge < -0.3 is 14.6 Å². The van der Waals surface area contributed by atoms with Crippen LogP contribution in [0.15, 0.2) is 33.4 Å². The zero-order valence-electron chi connectivity index (χ0n) is 5.65. The van der Waals surface area contributed by atoms with Crippen LogP contribution in [0, 0.1) is 0 Å². The lowest BCUT2D eigenvalue weighted by molar-refractivity contribution is 0.526. The van der Waals surface area contributed by atoms with Crippen molar-refractivity contribution in [2.45, 2.75) is 0 Å². The highest BCUT2D eigenvalue weighted by Crippen LogP contribution is 2.19. The van der Waals surface area contributed by atoms with Crippen LogP contribution in [-0.2, 0) is 0 Å². The molecule has 2 N–H and O–H groups in total. The number of anilines is 1. The molecule has 2 aromatic rings. The molecule has 0 fully saturated rings. The third-order valence-corrected chi connectivity index (χ3v) is 1.26. The molecule has 0 aromatic carbocycles. The van der Waals surface area contributed by atoms with E-state index in [2.05, 4.69) is 4.98 Å². The van der Waals surface area contributed by atoms with Crippen molar-refractivity contribution in [3.63, 3.8) is 0 Å². The van der Waals surface area contributed by atoms with Gasteiger partial charge in [0, 0.05) is 0 Å². The molecular formula is C7H6N2O2. The van der Waals surface area contributed by atoms with Crippen molar-refractivity contribution >= 4 is 5.88 Å². The second-order valence-electron chi connectivity index (χ2n) is 2.05. The van der Waals surface area contributed by atoms with Gasteiger partial charge in [-0.3, -0.25) is 0 Å². The molecule has 0 aliphatic carbocycles. The topological polar surface area (TPSA) is 65.2 Å². The number of nitrogen functional groups attached to an aromatic ring is 1. The first-order valence-corrected chi connectivity index (χ1v) is 3.11. The van der Waals surface area contributed by atoms with Gasteiger partial charge in [-0.15, -0.1) is 0 Å². The van der Waals surface area contributed by atoms with E-state index < -0.39 is 0 Å². The van der Waals surface area contributed by atoms with Crippen molar-refractivity contribution in [1.29, 1.82) is 0 Å². The molecule has 0 saturated heterocycles. The highest BCUT2D eigenvalue weighted by Gasteiger charge is 2.05. The molecule has 11 heavy (non-hydrogen) atoms. The maximum absolute atomic E-state index is 5.31. The first kappa shape index (κ1) is 6.03. The summed E-state index contributed by atoms with van der Waals surface area (Å²) in [7, 11) is 0. The second-order valence-corrected chi connectivity index (χ2v) is 2.05. The number of hydrogen-bond acceptors (Lipinski definition) is 4. The lowest BCUT2D eigenvalue weighted by Gasteiger charge is -1.84. The lowest BCUT2D eigenvalue weighted by atomic mass is 10.4. The molecule has 0 aliphatic rings. The Balaban J connectivity index is 2.45. The van der Waals surface area contributed by atoms with Gasteiger partial charge >= 0.3 is 0 Å². The summed E-state index contributed by atoms with van der Waals surface area (Å²) in [5, 5.41) is 0. The van der Waals surface area contributed by atoms with Gasteiger partial charge in [0.2, 0.25) is 5.88 Å². The van der Waals surface area contributed by atoms with Gasteiger partial charge in [-0.25, -0.2) is 4.98 Å². The maximum Gasteiger partial charge on any atom is 0.264 e. The molecule has 0 spiro atoms. The molecule has 0 atom stereocenters. The number of hydrogen-bond donors (Lipinski definition) is 1. The minimum Gasteiger partial charge on any atom is -0.459 e. The molecule has 0 amide bonds. The van der Waals surface area contributed by atoms with Gasteiger partial charge in [0.05, 0.1) is 12.5 Å². The van der Waals surface area contributed by atoms with Crippen LogP contribution >= 0.6 is 0 Å². The Kier molecular flexibility index (Phi) is 1.18. The van der Waals surface area contributed by atoms with E-state index >= 15 is 0 Å². The zero-order chi connectivity index (χ0) is 7.68. The molecule has 2 rings (SSSR count). The van der Waals surface area contributed by atoms with Gasteiger partial charge in [-0.1, -0.05) is 0 Å². The van der Waals surface area contributed by atoms with E-state index in [1.165, 1.54) is 6.20 Å². The smallest absolute Gasteiger partial charge is 0.264 e. The minimum atomic E-state index is 0.288. The number of nitrogens with two attached hydrogens (primary N) is 1. The fraction of sp³-hybridized carbons (Fsp3) is 0. The quantitative estimate of drug-likeness (QED) is 0.669. The zero-order valence-corrected chi connectivity index (χ0v) is 5.65. The Hall–Kier alpha value is -1.71. The Morgan fingerprint density at radius 3 is 2.91 bits per heavy atom. The van der Waals surface area contributed by atoms with Gasteiger partial charge in [-0.2, -0.15) is 0 Å². The molecule has 0 saturated carbocycles. The average Bonchev–Trinajstić information content (AvgIpc) is 2.55. The minimum absolute atomic E-state index is 0.288. The van der Waals surface area contributed by atoms with Crippen LogP contribution in [0.4, 0.5) is 5.88 Å². The summed E-state index contributed by atoms with van der Waals surface area (Å²) in [5.41, 5.74) is 5.31. The lowest BCUT2D eigenvalue weighted by Crippen LogP contribution is -1.75. The van der Waals surface area contributed by atoms with Crippen LogP contribution in [0.5, 0.6) is 0 Å². The fourth-order valence-electron chi connectivity index (χ4n) is 0.801. The summed E-state index contributed by atoms with van der Waals surface area (Å²) in [5.74, 6) is 1.28. The van der Waals surface area contributed by atoms with E-state index in [4.69, 9.17) is 14.6 Å². The summed E-state index contributed by atoms with van der Waals surface area (Å²) in [6, 6.07) is 3.51. The van der Waals surface area contributed by atoms with Crippen LogP contribution in [0.25, 0.3) is 11.7 Å². The van der Waals surface area contributed by atoms with Crippen molar-refractivity contribution in [3.05, 3.63) is 24.6 Å². The highest BCUT2D eigenvalue weighted by atomic mass is 16.4.